The summed E-state index contributed by atoms with van der Waals surface area (Å²) in [5.74, 6) is 0. The summed E-state index contributed by atoms with van der Waals surface area (Å²) in [6, 6.07) is 20.5. The molecule has 0 fully saturated rings. The number of alkyl halides is 2. The lowest BCUT2D eigenvalue weighted by atomic mass is 9.95. The molecule has 0 radical (unpaired) electrons. The third-order valence-corrected chi connectivity index (χ3v) is 12.9. The number of hydrogen-bond acceptors (Lipinski definition) is 2. The molecule has 2 aromatic carbocycles. The zero-order valence-electron chi connectivity index (χ0n) is 44.3. The molecule has 0 aromatic heterocycles. The molecule has 0 amide bonds. The van der Waals surface area contributed by atoms with Crippen LogP contribution in [0.2, 0.25) is 0 Å². The van der Waals surface area contributed by atoms with Gasteiger partial charge in [0.2, 0.25) is 0 Å². The van der Waals surface area contributed by atoms with Crippen LogP contribution in [0.4, 0.5) is 0 Å². The second kappa shape index (κ2) is 46.2. The van der Waals surface area contributed by atoms with E-state index in [1.807, 2.05) is 30.3 Å². The number of nitrogens with one attached hydrogen (secondary N) is 2. The maximum atomic E-state index is 6.52. The van der Waals surface area contributed by atoms with Crippen LogP contribution in [0.25, 0.3) is 0 Å². The average molecular weight is 1010 g/mol. The first-order chi connectivity index (χ1) is 29.6. The van der Waals surface area contributed by atoms with Gasteiger partial charge in [0.25, 0.3) is 0 Å². The highest BCUT2D eigenvalue weighted by Crippen LogP contribution is 2.34. The second-order valence-corrected chi connectivity index (χ2v) is 22.4. The summed E-state index contributed by atoms with van der Waals surface area (Å²) in [4.78, 5) is 0. The van der Waals surface area contributed by atoms with Gasteiger partial charge in [0.05, 0.1) is 27.7 Å². The van der Waals surface area contributed by atoms with E-state index in [-0.39, 0.29) is 48.3 Å². The van der Waals surface area contributed by atoms with Crippen molar-refractivity contribution in [3.63, 3.8) is 0 Å². The zero-order valence-corrected chi connectivity index (χ0v) is 48.2. The number of benzene rings is 2. The molecule has 3 nitrogen and oxygen atoms in total. The predicted molar refractivity (Wildman–Crippen MR) is 297 cm³/mol. The van der Waals surface area contributed by atoms with Crippen molar-refractivity contribution in [2.75, 3.05) is 27.7 Å². The fourth-order valence-electron chi connectivity index (χ4n) is 8.06. The van der Waals surface area contributed by atoms with E-state index in [9.17, 15) is 0 Å². The molecule has 2 aromatic rings. The lowest BCUT2D eigenvalue weighted by Gasteiger charge is -2.34. The minimum atomic E-state index is -1.04. The number of unbranched alkanes of at least 4 members (excludes halogenated alkanes) is 25. The first kappa shape index (κ1) is 71.3. The molecule has 65 heavy (non-hydrogen) atoms. The van der Waals surface area contributed by atoms with E-state index in [4.69, 9.17) is 23.2 Å². The minimum Gasteiger partial charge on any atom is -1.00 e. The molecule has 0 heterocycles. The molecule has 0 spiro atoms. The molecule has 2 rings (SSSR count). The first-order valence-corrected chi connectivity index (χ1v) is 27.1. The molecule has 0 atom stereocenters. The van der Waals surface area contributed by atoms with Crippen molar-refractivity contribution >= 4 is 48.0 Å². The summed E-state index contributed by atoms with van der Waals surface area (Å²) >= 11 is 13.0. The molecule has 2 N–H and O–H groups in total. The highest BCUT2D eigenvalue weighted by molar-refractivity contribution is 6.47. The molecular formula is C57H108Cl5N3. The van der Waals surface area contributed by atoms with E-state index in [0.29, 0.717) is 0 Å². The molecule has 0 aliphatic carbocycles. The molecule has 386 valence electrons. The highest BCUT2D eigenvalue weighted by atomic mass is 35.5. The molecule has 0 aliphatic heterocycles. The van der Waals surface area contributed by atoms with E-state index in [2.05, 4.69) is 111 Å². The number of quaternary nitrogens is 1. The summed E-state index contributed by atoms with van der Waals surface area (Å²) in [5.41, 5.74) is 2.44. The predicted octanol–water partition coefficient (Wildman–Crippen LogP) is 16.5. The monoisotopic (exact) mass is 1010 g/mol. The van der Waals surface area contributed by atoms with Crippen molar-refractivity contribution < 1.29 is 16.9 Å². The summed E-state index contributed by atoms with van der Waals surface area (Å²) in [5, 5.41) is 7.11. The number of halogens is 5. The maximum Gasteiger partial charge on any atom is 0.195 e. The highest BCUT2D eigenvalue weighted by Gasteiger charge is 2.32. The normalized spacial score (nSPS) is 11.6. The van der Waals surface area contributed by atoms with Gasteiger partial charge in [-0.15, -0.1) is 24.8 Å². The molecule has 0 aliphatic rings. The van der Waals surface area contributed by atoms with Crippen LogP contribution in [-0.4, -0.2) is 43.2 Å². The standard InChI is InChI=1S/C21H35Cl2N.C21H37N.C15H34N.3ClH/c1-4-5-6-7-8-9-10-11-15-18-20(2,3)24-21(22,23)19-16-13-12-14-17-19;1-4-5-6-7-8-9-10-11-15-18-21(2,3)22-19-20-16-13-12-14-17-20;1-5-6-7-8-9-10-11-12-13-14-15-16(2,3)4;;;/h12-14,16-17,24H,4-11,15,18H2,1-3H3;12-14,16-17,22H,4-11,15,18-19H2,1-3H3;5-15H2,1-4H3;3*1H/q;;+1;;;/p-1. The quantitative estimate of drug-likeness (QED) is 0.0305. The molecule has 0 bridgehead atoms. The molecular weight excluding hydrogens is 904 g/mol. The van der Waals surface area contributed by atoms with Crippen molar-refractivity contribution in [1.29, 1.82) is 0 Å². The van der Waals surface area contributed by atoms with Gasteiger partial charge in [-0.1, -0.05) is 272 Å². The Hall–Kier alpha value is -0.230. The van der Waals surface area contributed by atoms with Gasteiger partial charge in [0.15, 0.2) is 4.46 Å². The van der Waals surface area contributed by atoms with Crippen LogP contribution in [0.5, 0.6) is 0 Å². The van der Waals surface area contributed by atoms with Gasteiger partial charge in [0, 0.05) is 23.2 Å². The Kier molecular flexibility index (Phi) is 50.7. The Balaban J connectivity index is -0.000000428. The number of nitrogens with zero attached hydrogens (tertiary/aromatic N) is 1. The number of rotatable bonds is 37. The zero-order chi connectivity index (χ0) is 46.3. The SMILES string of the molecule is CCCCCCCCCCCC(C)(C)NC(Cl)(Cl)c1ccccc1.CCCCCCCCCCCC(C)(C)NCc1ccccc1.CCCCCCCCCCCC[N+](C)(C)C.Cl.Cl.[Cl-]. The van der Waals surface area contributed by atoms with Gasteiger partial charge in [-0.05, 0) is 58.9 Å². The average Bonchev–Trinajstić information content (AvgIpc) is 3.23. The maximum absolute atomic E-state index is 6.52. The van der Waals surface area contributed by atoms with E-state index in [1.165, 1.54) is 198 Å². The third-order valence-electron chi connectivity index (χ3n) is 12.2. The lowest BCUT2D eigenvalue weighted by Crippen LogP contribution is -3.00. The summed E-state index contributed by atoms with van der Waals surface area (Å²) in [7, 11) is 6.86. The van der Waals surface area contributed by atoms with Crippen molar-refractivity contribution in [2.24, 2.45) is 0 Å². The van der Waals surface area contributed by atoms with Crippen LogP contribution in [0.15, 0.2) is 60.7 Å². The van der Waals surface area contributed by atoms with Gasteiger partial charge in [-0.3, -0.25) is 5.32 Å². The molecule has 0 saturated carbocycles. The lowest BCUT2D eigenvalue weighted by molar-refractivity contribution is -0.870. The minimum absolute atomic E-state index is 0. The van der Waals surface area contributed by atoms with Crippen LogP contribution in [0.1, 0.15) is 252 Å². The molecule has 8 heteroatoms. The van der Waals surface area contributed by atoms with Crippen LogP contribution in [0, 0.1) is 0 Å². The molecule has 0 saturated heterocycles. The van der Waals surface area contributed by atoms with Crippen LogP contribution in [0.3, 0.4) is 0 Å². The smallest absolute Gasteiger partial charge is 0.195 e. The van der Waals surface area contributed by atoms with Gasteiger partial charge in [-0.25, -0.2) is 0 Å². The van der Waals surface area contributed by atoms with Crippen LogP contribution in [-0.2, 0) is 11.0 Å². The van der Waals surface area contributed by atoms with Gasteiger partial charge < -0.3 is 22.2 Å². The Morgan fingerprint density at radius 1 is 0.431 bits per heavy atom. The fourth-order valence-corrected chi connectivity index (χ4v) is 8.83. The largest absolute Gasteiger partial charge is 1.00 e. The molecule has 0 unspecified atom stereocenters. The van der Waals surface area contributed by atoms with Crippen LogP contribution < -0.4 is 23.0 Å². The summed E-state index contributed by atoms with van der Waals surface area (Å²) in [6.07, 6.45) is 41.6. The van der Waals surface area contributed by atoms with Gasteiger partial charge in [-0.2, -0.15) is 0 Å². The Morgan fingerprint density at radius 3 is 1.09 bits per heavy atom. The second-order valence-electron chi connectivity index (χ2n) is 21.0. The van der Waals surface area contributed by atoms with E-state index >= 15 is 0 Å². The van der Waals surface area contributed by atoms with Gasteiger partial charge >= 0.3 is 0 Å². The topological polar surface area (TPSA) is 24.1 Å². The van der Waals surface area contributed by atoms with E-state index in [1.54, 1.807) is 0 Å². The third kappa shape index (κ3) is 48.6. The van der Waals surface area contributed by atoms with E-state index < -0.39 is 4.46 Å². The van der Waals surface area contributed by atoms with Crippen molar-refractivity contribution in [3.8, 4) is 0 Å². The van der Waals surface area contributed by atoms with Crippen molar-refractivity contribution in [1.82, 2.24) is 10.6 Å². The summed E-state index contributed by atoms with van der Waals surface area (Å²) in [6.45, 7) is 18.2. The first-order valence-electron chi connectivity index (χ1n) is 26.4. The number of hydrogen-bond donors (Lipinski definition) is 2. The Labute approximate surface area is 435 Å². The van der Waals surface area contributed by atoms with Crippen molar-refractivity contribution in [2.45, 2.75) is 263 Å². The van der Waals surface area contributed by atoms with Crippen molar-refractivity contribution in [3.05, 3.63) is 71.8 Å². The van der Waals surface area contributed by atoms with Gasteiger partial charge in [0.1, 0.15) is 0 Å². The summed E-state index contributed by atoms with van der Waals surface area (Å²) < 4.78 is 0.0844. The fraction of sp³-hybridized carbons (Fsp3) is 0.789. The van der Waals surface area contributed by atoms with Crippen LogP contribution >= 0.6 is 48.0 Å². The Morgan fingerprint density at radius 2 is 0.738 bits per heavy atom. The Bertz CT molecular complexity index is 1220. The van der Waals surface area contributed by atoms with E-state index in [0.717, 1.165) is 23.0 Å².